The van der Waals surface area contributed by atoms with Crippen LogP contribution in [0.15, 0.2) is 21.5 Å². The van der Waals surface area contributed by atoms with Crippen molar-refractivity contribution in [3.8, 4) is 0 Å². The third kappa shape index (κ3) is 3.06. The molecule has 0 bridgehead atoms. The maximum Gasteiger partial charge on any atom is 0.351 e. The standard InChI is InChI=1S/C15H22N2O2/c1-4-6-8-13-9-12-10-17(11(3)7-5-2)15(18)16-14(12)19-13/h9-11H,4-8H2,1-3H3. The Morgan fingerprint density at radius 3 is 2.84 bits per heavy atom. The lowest BCUT2D eigenvalue weighted by Crippen LogP contribution is -2.24. The predicted octanol–water partition coefficient (Wildman–Crippen LogP) is 3.69. The molecule has 1 unspecified atom stereocenters. The lowest BCUT2D eigenvalue weighted by Gasteiger charge is -2.12. The Labute approximate surface area is 113 Å². The number of aromatic nitrogens is 2. The molecule has 0 fully saturated rings. The largest absolute Gasteiger partial charge is 0.443 e. The Hall–Kier alpha value is -1.58. The van der Waals surface area contributed by atoms with Crippen LogP contribution in [-0.2, 0) is 6.42 Å². The minimum atomic E-state index is -0.218. The number of nitrogens with zero attached hydrogens (tertiary/aromatic N) is 2. The fourth-order valence-corrected chi connectivity index (χ4v) is 2.32. The van der Waals surface area contributed by atoms with Crippen molar-refractivity contribution >= 4 is 11.1 Å². The number of aryl methyl sites for hydroxylation is 1. The summed E-state index contributed by atoms with van der Waals surface area (Å²) in [5, 5.41) is 0.925. The zero-order valence-electron chi connectivity index (χ0n) is 12.0. The summed E-state index contributed by atoms with van der Waals surface area (Å²) >= 11 is 0. The van der Waals surface area contributed by atoms with Crippen LogP contribution >= 0.6 is 0 Å². The van der Waals surface area contributed by atoms with E-state index in [1.54, 1.807) is 4.57 Å². The van der Waals surface area contributed by atoms with Gasteiger partial charge in [0, 0.05) is 18.7 Å². The van der Waals surface area contributed by atoms with E-state index in [2.05, 4.69) is 25.8 Å². The van der Waals surface area contributed by atoms with Crippen LogP contribution in [-0.4, -0.2) is 9.55 Å². The highest BCUT2D eigenvalue weighted by atomic mass is 16.3. The first kappa shape index (κ1) is 13.8. The van der Waals surface area contributed by atoms with E-state index >= 15 is 0 Å². The van der Waals surface area contributed by atoms with Crippen molar-refractivity contribution in [3.05, 3.63) is 28.5 Å². The van der Waals surface area contributed by atoms with Crippen molar-refractivity contribution < 1.29 is 4.42 Å². The highest BCUT2D eigenvalue weighted by molar-refractivity contribution is 5.72. The molecule has 2 rings (SSSR count). The molecule has 0 saturated heterocycles. The van der Waals surface area contributed by atoms with Gasteiger partial charge in [-0.05, 0) is 25.8 Å². The highest BCUT2D eigenvalue weighted by Crippen LogP contribution is 2.19. The van der Waals surface area contributed by atoms with Crippen molar-refractivity contribution in [3.63, 3.8) is 0 Å². The van der Waals surface area contributed by atoms with E-state index in [1.165, 1.54) is 0 Å². The maximum atomic E-state index is 12.0. The van der Waals surface area contributed by atoms with Crippen LogP contribution in [0.1, 0.15) is 58.3 Å². The van der Waals surface area contributed by atoms with Crippen LogP contribution in [0.2, 0.25) is 0 Å². The summed E-state index contributed by atoms with van der Waals surface area (Å²) in [5.41, 5.74) is 0.251. The van der Waals surface area contributed by atoms with Gasteiger partial charge in [-0.15, -0.1) is 0 Å². The van der Waals surface area contributed by atoms with E-state index in [4.69, 9.17) is 4.42 Å². The third-order valence-corrected chi connectivity index (χ3v) is 3.45. The Kier molecular flexibility index (Phi) is 4.40. The van der Waals surface area contributed by atoms with Gasteiger partial charge in [0.1, 0.15) is 5.76 Å². The van der Waals surface area contributed by atoms with Crippen LogP contribution in [0.4, 0.5) is 0 Å². The number of hydrogen-bond acceptors (Lipinski definition) is 3. The van der Waals surface area contributed by atoms with Crippen molar-refractivity contribution in [2.75, 3.05) is 0 Å². The van der Waals surface area contributed by atoms with Gasteiger partial charge in [0.05, 0.1) is 5.39 Å². The summed E-state index contributed by atoms with van der Waals surface area (Å²) in [6.45, 7) is 6.32. The molecule has 4 nitrogen and oxygen atoms in total. The van der Waals surface area contributed by atoms with Gasteiger partial charge >= 0.3 is 5.69 Å². The zero-order chi connectivity index (χ0) is 13.8. The smallest absolute Gasteiger partial charge is 0.351 e. The first-order valence-corrected chi connectivity index (χ1v) is 7.17. The molecule has 0 aliphatic heterocycles. The highest BCUT2D eigenvalue weighted by Gasteiger charge is 2.11. The van der Waals surface area contributed by atoms with Gasteiger partial charge in [0.2, 0.25) is 5.71 Å². The second-order valence-corrected chi connectivity index (χ2v) is 5.15. The normalized spacial score (nSPS) is 13.0. The fourth-order valence-electron chi connectivity index (χ4n) is 2.32. The molecule has 0 radical (unpaired) electrons. The quantitative estimate of drug-likeness (QED) is 0.797. The number of unbranched alkanes of at least 4 members (excludes halogenated alkanes) is 1. The molecule has 0 aliphatic rings. The first-order valence-electron chi connectivity index (χ1n) is 7.17. The van der Waals surface area contributed by atoms with E-state index in [0.717, 1.165) is 43.3 Å². The molecule has 0 N–H and O–H groups in total. The van der Waals surface area contributed by atoms with Gasteiger partial charge in [0.25, 0.3) is 0 Å². The van der Waals surface area contributed by atoms with E-state index in [-0.39, 0.29) is 11.7 Å². The zero-order valence-corrected chi connectivity index (χ0v) is 12.0. The van der Waals surface area contributed by atoms with Crippen molar-refractivity contribution in [1.29, 1.82) is 0 Å². The molecule has 0 saturated carbocycles. The Morgan fingerprint density at radius 2 is 2.16 bits per heavy atom. The number of furan rings is 1. The number of hydrogen-bond donors (Lipinski definition) is 0. The molecule has 0 amide bonds. The molecular formula is C15H22N2O2. The second kappa shape index (κ2) is 6.04. The molecule has 0 aliphatic carbocycles. The Bertz CT molecular complexity index is 598. The minimum absolute atomic E-state index is 0.184. The van der Waals surface area contributed by atoms with Crippen LogP contribution in [0.25, 0.3) is 11.1 Å². The van der Waals surface area contributed by atoms with Gasteiger partial charge in [-0.25, -0.2) is 4.79 Å². The van der Waals surface area contributed by atoms with E-state index in [1.807, 2.05) is 12.3 Å². The van der Waals surface area contributed by atoms with E-state index < -0.39 is 0 Å². The summed E-state index contributed by atoms with van der Waals surface area (Å²) in [7, 11) is 0. The lowest BCUT2D eigenvalue weighted by atomic mass is 10.2. The predicted molar refractivity (Wildman–Crippen MR) is 76.5 cm³/mol. The fraction of sp³-hybridized carbons (Fsp3) is 0.600. The molecule has 104 valence electrons. The Morgan fingerprint density at radius 1 is 1.37 bits per heavy atom. The number of fused-ring (bicyclic) bond motifs is 1. The van der Waals surface area contributed by atoms with Crippen molar-refractivity contribution in [1.82, 2.24) is 9.55 Å². The van der Waals surface area contributed by atoms with Crippen molar-refractivity contribution in [2.45, 2.75) is 58.9 Å². The molecular weight excluding hydrogens is 240 g/mol. The molecule has 4 heteroatoms. The molecule has 2 heterocycles. The van der Waals surface area contributed by atoms with Crippen LogP contribution < -0.4 is 5.69 Å². The molecule has 19 heavy (non-hydrogen) atoms. The van der Waals surface area contributed by atoms with Gasteiger partial charge in [0.15, 0.2) is 0 Å². The second-order valence-electron chi connectivity index (χ2n) is 5.15. The topological polar surface area (TPSA) is 48.0 Å². The molecule has 1 atom stereocenters. The average molecular weight is 262 g/mol. The van der Waals surface area contributed by atoms with Crippen LogP contribution in [0, 0.1) is 0 Å². The van der Waals surface area contributed by atoms with E-state index in [9.17, 15) is 4.79 Å². The molecule has 0 spiro atoms. The van der Waals surface area contributed by atoms with Gasteiger partial charge in [-0.2, -0.15) is 4.98 Å². The van der Waals surface area contributed by atoms with Crippen LogP contribution in [0.5, 0.6) is 0 Å². The van der Waals surface area contributed by atoms with Crippen molar-refractivity contribution in [2.24, 2.45) is 0 Å². The summed E-state index contributed by atoms with van der Waals surface area (Å²) in [5.74, 6) is 0.921. The summed E-state index contributed by atoms with van der Waals surface area (Å²) in [6, 6.07) is 2.19. The molecule has 2 aromatic rings. The van der Waals surface area contributed by atoms with Crippen LogP contribution in [0.3, 0.4) is 0 Å². The molecule has 2 aromatic heterocycles. The minimum Gasteiger partial charge on any atom is -0.443 e. The summed E-state index contributed by atoms with van der Waals surface area (Å²) in [6.07, 6.45) is 7.04. The summed E-state index contributed by atoms with van der Waals surface area (Å²) in [4.78, 5) is 16.0. The first-order chi connectivity index (χ1) is 9.15. The third-order valence-electron chi connectivity index (χ3n) is 3.45. The SMILES string of the molecule is CCCCc1cc2cn(C(C)CCC)c(=O)nc2o1. The Balaban J connectivity index is 2.35. The van der Waals surface area contributed by atoms with E-state index in [0.29, 0.717) is 5.71 Å². The van der Waals surface area contributed by atoms with Gasteiger partial charge < -0.3 is 4.42 Å². The maximum absolute atomic E-state index is 12.0. The number of rotatable bonds is 6. The van der Waals surface area contributed by atoms with Gasteiger partial charge in [-0.3, -0.25) is 4.57 Å². The lowest BCUT2D eigenvalue weighted by molar-refractivity contribution is 0.475. The summed E-state index contributed by atoms with van der Waals surface area (Å²) < 4.78 is 7.33. The molecule has 0 aromatic carbocycles. The monoisotopic (exact) mass is 262 g/mol. The average Bonchev–Trinajstić information content (AvgIpc) is 2.77. The van der Waals surface area contributed by atoms with Gasteiger partial charge in [-0.1, -0.05) is 26.7 Å².